The van der Waals surface area contributed by atoms with E-state index in [2.05, 4.69) is 5.32 Å². The first-order chi connectivity index (χ1) is 15.6. The molecule has 2 amide bonds. The number of ether oxygens (including phenoxy) is 2. The van der Waals surface area contributed by atoms with Gasteiger partial charge in [-0.2, -0.15) is 4.31 Å². The van der Waals surface area contributed by atoms with Crippen LogP contribution in [0.1, 0.15) is 12.5 Å². The molecule has 2 aliphatic heterocycles. The molecule has 2 aromatic rings. The first-order valence-electron chi connectivity index (χ1n) is 10.4. The van der Waals surface area contributed by atoms with Crippen molar-refractivity contribution in [2.45, 2.75) is 24.8 Å². The zero-order chi connectivity index (χ0) is 23.8. The van der Waals surface area contributed by atoms with Crippen molar-refractivity contribution in [1.29, 1.82) is 0 Å². The van der Waals surface area contributed by atoms with Gasteiger partial charge in [-0.25, -0.2) is 8.42 Å². The molecule has 1 saturated heterocycles. The first-order valence-corrected chi connectivity index (χ1v) is 12.3. The number of nitrogens with zero attached hydrogens (tertiary/aromatic N) is 2. The minimum atomic E-state index is -3.93. The van der Waals surface area contributed by atoms with Gasteiger partial charge in [0.1, 0.15) is 16.4 Å². The molecule has 9 nitrogen and oxygen atoms in total. The summed E-state index contributed by atoms with van der Waals surface area (Å²) >= 11 is 6.24. The van der Waals surface area contributed by atoms with Crippen molar-refractivity contribution in [3.05, 3.63) is 47.0 Å². The molecule has 0 bridgehead atoms. The van der Waals surface area contributed by atoms with Crippen LogP contribution in [0.15, 0.2) is 41.3 Å². The van der Waals surface area contributed by atoms with E-state index in [1.165, 1.54) is 16.4 Å². The molecule has 0 radical (unpaired) electrons. The standard InChI is InChI=1S/C22H24ClN3O6S/c1-14-4-3-5-16(10-14)31-13-21(27)25-6-8-26(9-7-25)33(29,30)20-12-19-18(11-17(20)23)24-22(28)15(2)32-19/h3-5,10-12,15H,6-9,13H2,1-2H3,(H,24,28). The molecule has 1 N–H and O–H groups in total. The predicted octanol–water partition coefficient (Wildman–Crippen LogP) is 2.28. The Kier molecular flexibility index (Phi) is 6.51. The smallest absolute Gasteiger partial charge is 0.265 e. The largest absolute Gasteiger partial charge is 0.484 e. The lowest BCUT2D eigenvalue weighted by molar-refractivity contribution is -0.134. The van der Waals surface area contributed by atoms with Gasteiger partial charge in [0.15, 0.2) is 12.7 Å². The number of halogens is 1. The molecule has 2 aliphatic rings. The van der Waals surface area contributed by atoms with Gasteiger partial charge in [-0.15, -0.1) is 0 Å². The second-order valence-electron chi connectivity index (χ2n) is 7.92. The highest BCUT2D eigenvalue weighted by Gasteiger charge is 2.34. The average Bonchev–Trinajstić information content (AvgIpc) is 2.78. The Balaban J connectivity index is 1.40. The Morgan fingerprint density at radius 3 is 2.64 bits per heavy atom. The van der Waals surface area contributed by atoms with E-state index in [4.69, 9.17) is 21.1 Å². The summed E-state index contributed by atoms with van der Waals surface area (Å²) in [6.45, 7) is 4.11. The number of aryl methyl sites for hydroxylation is 1. The van der Waals surface area contributed by atoms with Crippen LogP contribution in [0, 0.1) is 6.92 Å². The Morgan fingerprint density at radius 1 is 1.21 bits per heavy atom. The summed E-state index contributed by atoms with van der Waals surface area (Å²) < 4.78 is 38.8. The third kappa shape index (κ3) is 4.92. The van der Waals surface area contributed by atoms with Gasteiger partial charge in [-0.3, -0.25) is 9.59 Å². The fourth-order valence-corrected chi connectivity index (χ4v) is 5.60. The zero-order valence-corrected chi connectivity index (χ0v) is 19.8. The molecule has 0 aromatic heterocycles. The topological polar surface area (TPSA) is 105 Å². The Bertz CT molecular complexity index is 1190. The number of nitrogens with one attached hydrogen (secondary N) is 1. The van der Waals surface area contributed by atoms with E-state index < -0.39 is 16.1 Å². The molecule has 1 atom stereocenters. The van der Waals surface area contributed by atoms with Crippen molar-refractivity contribution in [3.63, 3.8) is 0 Å². The van der Waals surface area contributed by atoms with E-state index in [1.54, 1.807) is 17.9 Å². The Labute approximate surface area is 197 Å². The van der Waals surface area contributed by atoms with Crippen LogP contribution >= 0.6 is 11.6 Å². The van der Waals surface area contributed by atoms with Gasteiger partial charge < -0.3 is 19.7 Å². The number of piperazine rings is 1. The molecule has 1 fully saturated rings. The monoisotopic (exact) mass is 493 g/mol. The third-order valence-electron chi connectivity index (χ3n) is 5.53. The molecule has 0 spiro atoms. The number of carbonyl (C=O) groups is 2. The summed E-state index contributed by atoms with van der Waals surface area (Å²) in [5.41, 5.74) is 1.35. The summed E-state index contributed by atoms with van der Waals surface area (Å²) in [5.74, 6) is 0.311. The van der Waals surface area contributed by atoms with E-state index in [0.29, 0.717) is 11.4 Å². The minimum Gasteiger partial charge on any atom is -0.484 e. The molecule has 2 heterocycles. The molecule has 11 heteroatoms. The summed E-state index contributed by atoms with van der Waals surface area (Å²) in [4.78, 5) is 25.8. The lowest BCUT2D eigenvalue weighted by Crippen LogP contribution is -2.51. The molecule has 2 aromatic carbocycles. The van der Waals surface area contributed by atoms with Crippen molar-refractivity contribution in [2.24, 2.45) is 0 Å². The molecular formula is C22H24ClN3O6S. The van der Waals surface area contributed by atoms with E-state index in [-0.39, 0.29) is 60.3 Å². The molecule has 4 rings (SSSR count). The van der Waals surface area contributed by atoms with Gasteiger partial charge >= 0.3 is 0 Å². The van der Waals surface area contributed by atoms with Crippen molar-refractivity contribution in [2.75, 3.05) is 38.1 Å². The second kappa shape index (κ2) is 9.20. The lowest BCUT2D eigenvalue weighted by atomic mass is 10.2. The predicted molar refractivity (Wildman–Crippen MR) is 122 cm³/mol. The maximum atomic E-state index is 13.2. The summed E-state index contributed by atoms with van der Waals surface area (Å²) in [5, 5.41) is 2.62. The molecule has 0 aliphatic carbocycles. The van der Waals surface area contributed by atoms with E-state index in [1.807, 2.05) is 25.1 Å². The SMILES string of the molecule is Cc1cccc(OCC(=O)N2CCN(S(=O)(=O)c3cc4c(cc3Cl)NC(=O)C(C)O4)CC2)c1. The van der Waals surface area contributed by atoms with E-state index in [0.717, 1.165) is 5.56 Å². The fraction of sp³-hybridized carbons (Fsp3) is 0.364. The number of hydrogen-bond donors (Lipinski definition) is 1. The number of sulfonamides is 1. The number of amides is 2. The van der Waals surface area contributed by atoms with Crippen LogP contribution in [0.4, 0.5) is 5.69 Å². The van der Waals surface area contributed by atoms with Gasteiger partial charge in [0.25, 0.3) is 11.8 Å². The van der Waals surface area contributed by atoms with Crippen LogP contribution in [0.5, 0.6) is 11.5 Å². The highest BCUT2D eigenvalue weighted by Crippen LogP contribution is 2.38. The van der Waals surface area contributed by atoms with Crippen molar-refractivity contribution >= 4 is 39.1 Å². The quantitative estimate of drug-likeness (QED) is 0.685. The molecule has 33 heavy (non-hydrogen) atoms. The fourth-order valence-electron chi connectivity index (χ4n) is 3.66. The lowest BCUT2D eigenvalue weighted by Gasteiger charge is -2.34. The Morgan fingerprint density at radius 2 is 1.94 bits per heavy atom. The van der Waals surface area contributed by atoms with E-state index in [9.17, 15) is 18.0 Å². The normalized spacial score (nSPS) is 18.8. The van der Waals surface area contributed by atoms with Crippen LogP contribution in [0.3, 0.4) is 0 Å². The average molecular weight is 494 g/mol. The van der Waals surface area contributed by atoms with Gasteiger partial charge in [-0.1, -0.05) is 23.7 Å². The number of anilines is 1. The maximum absolute atomic E-state index is 13.2. The van der Waals surface area contributed by atoms with Crippen LogP contribution in [-0.4, -0.2) is 68.3 Å². The first kappa shape index (κ1) is 23.3. The number of rotatable bonds is 5. The second-order valence-corrected chi connectivity index (χ2v) is 10.2. The van der Waals surface area contributed by atoms with Gasteiger partial charge in [0.05, 0.1) is 10.7 Å². The molecule has 0 saturated carbocycles. The Hall–Kier alpha value is -2.82. The van der Waals surface area contributed by atoms with Crippen LogP contribution < -0.4 is 14.8 Å². The van der Waals surface area contributed by atoms with Crippen LogP contribution in [-0.2, 0) is 19.6 Å². The maximum Gasteiger partial charge on any atom is 0.265 e. The third-order valence-corrected chi connectivity index (χ3v) is 7.89. The number of carbonyl (C=O) groups excluding carboxylic acids is 2. The highest BCUT2D eigenvalue weighted by molar-refractivity contribution is 7.89. The van der Waals surface area contributed by atoms with Crippen molar-refractivity contribution in [1.82, 2.24) is 9.21 Å². The highest BCUT2D eigenvalue weighted by atomic mass is 35.5. The van der Waals surface area contributed by atoms with Crippen molar-refractivity contribution in [3.8, 4) is 11.5 Å². The molecule has 1 unspecified atom stereocenters. The van der Waals surface area contributed by atoms with Gasteiger partial charge in [-0.05, 0) is 37.6 Å². The number of hydrogen-bond acceptors (Lipinski definition) is 6. The summed E-state index contributed by atoms with van der Waals surface area (Å²) in [6.07, 6.45) is -0.745. The number of benzene rings is 2. The van der Waals surface area contributed by atoms with Crippen molar-refractivity contribution < 1.29 is 27.5 Å². The van der Waals surface area contributed by atoms with Gasteiger partial charge in [0, 0.05) is 32.2 Å². The molecule has 176 valence electrons. The van der Waals surface area contributed by atoms with Crippen LogP contribution in [0.25, 0.3) is 0 Å². The zero-order valence-electron chi connectivity index (χ0n) is 18.2. The van der Waals surface area contributed by atoms with Crippen LogP contribution in [0.2, 0.25) is 5.02 Å². The van der Waals surface area contributed by atoms with Gasteiger partial charge in [0.2, 0.25) is 10.0 Å². The van der Waals surface area contributed by atoms with E-state index >= 15 is 0 Å². The minimum absolute atomic E-state index is 0.0164. The molecular weight excluding hydrogens is 470 g/mol. The summed E-state index contributed by atoms with van der Waals surface area (Å²) in [6, 6.07) is 10.1. The summed E-state index contributed by atoms with van der Waals surface area (Å²) in [7, 11) is -3.93. The number of fused-ring (bicyclic) bond motifs is 1.